The molecule has 0 bridgehead atoms. The lowest BCUT2D eigenvalue weighted by Gasteiger charge is -2.38. The van der Waals surface area contributed by atoms with Gasteiger partial charge in [0.05, 0.1) is 11.8 Å². The second kappa shape index (κ2) is 6.99. The molecule has 146 valence electrons. The van der Waals surface area contributed by atoms with Crippen molar-refractivity contribution in [3.63, 3.8) is 0 Å². The second-order valence-electron chi connectivity index (χ2n) is 7.67. The number of rotatable bonds is 2. The molecule has 2 heterocycles. The molecule has 0 spiro atoms. The lowest BCUT2D eigenvalue weighted by molar-refractivity contribution is -0.0191. The molecule has 2 aliphatic heterocycles. The molecule has 0 aromatic heterocycles. The first-order chi connectivity index (χ1) is 14.0. The Balaban J connectivity index is 1.62. The van der Waals surface area contributed by atoms with Crippen LogP contribution in [0.2, 0.25) is 0 Å². The highest BCUT2D eigenvalue weighted by Crippen LogP contribution is 2.48. The topological polar surface area (TPSA) is 24.8 Å². The smallest absolute Gasteiger partial charge is 0.213 e. The summed E-state index contributed by atoms with van der Waals surface area (Å²) in [6.45, 7) is 4.22. The molecule has 2 aliphatic rings. The van der Waals surface area contributed by atoms with Crippen LogP contribution in [-0.2, 0) is 0 Å². The Bertz CT molecular complexity index is 1130. The third kappa shape index (κ3) is 3.23. The molecular weight excluding hydrogens is 431 g/mol. The summed E-state index contributed by atoms with van der Waals surface area (Å²) in [6.07, 6.45) is 0.409. The van der Waals surface area contributed by atoms with Gasteiger partial charge in [-0.25, -0.2) is 9.40 Å². The largest absolute Gasteiger partial charge is 0.464 e. The molecule has 5 rings (SSSR count). The standard InChI is InChI=1S/C24H20BrFN2O/c1-14-3-4-15(2)19(11-14)21-13-22-20-12-17(25)7-10-23(20)29-24(28(22)27-21)16-5-8-18(26)9-6-16/h3-12,22,24H,13H2,1-2H3. The van der Waals surface area contributed by atoms with Crippen LogP contribution in [0.3, 0.4) is 0 Å². The maximum Gasteiger partial charge on any atom is 0.213 e. The number of ether oxygens (including phenoxy) is 1. The van der Waals surface area contributed by atoms with E-state index in [0.717, 1.165) is 33.5 Å². The third-order valence-corrected chi connectivity index (χ3v) is 6.10. The van der Waals surface area contributed by atoms with E-state index in [2.05, 4.69) is 54.0 Å². The Morgan fingerprint density at radius 1 is 1.03 bits per heavy atom. The van der Waals surface area contributed by atoms with Gasteiger partial charge in [0.25, 0.3) is 0 Å². The summed E-state index contributed by atoms with van der Waals surface area (Å²) in [6, 6.07) is 19.1. The highest BCUT2D eigenvalue weighted by Gasteiger charge is 2.41. The fraction of sp³-hybridized carbons (Fsp3) is 0.208. The van der Waals surface area contributed by atoms with Crippen molar-refractivity contribution in [2.24, 2.45) is 5.10 Å². The molecule has 3 aromatic rings. The zero-order valence-corrected chi connectivity index (χ0v) is 17.8. The predicted octanol–water partition coefficient (Wildman–Crippen LogP) is 6.45. The minimum absolute atomic E-state index is 0.0706. The van der Waals surface area contributed by atoms with Crippen LogP contribution in [0.1, 0.15) is 46.5 Å². The van der Waals surface area contributed by atoms with Crippen LogP contribution in [-0.4, -0.2) is 10.7 Å². The summed E-state index contributed by atoms with van der Waals surface area (Å²) in [4.78, 5) is 0. The molecule has 29 heavy (non-hydrogen) atoms. The summed E-state index contributed by atoms with van der Waals surface area (Å²) < 4.78 is 20.8. The van der Waals surface area contributed by atoms with Gasteiger partial charge in [0, 0.05) is 27.6 Å². The summed E-state index contributed by atoms with van der Waals surface area (Å²) in [5.41, 5.74) is 6.65. The van der Waals surface area contributed by atoms with E-state index in [4.69, 9.17) is 9.84 Å². The Hall–Kier alpha value is -2.66. The Morgan fingerprint density at radius 3 is 2.62 bits per heavy atom. The average molecular weight is 451 g/mol. The van der Waals surface area contributed by atoms with Gasteiger partial charge >= 0.3 is 0 Å². The van der Waals surface area contributed by atoms with Gasteiger partial charge in [0.1, 0.15) is 11.6 Å². The molecule has 0 amide bonds. The molecule has 3 aromatic carbocycles. The Labute approximate surface area is 177 Å². The summed E-state index contributed by atoms with van der Waals surface area (Å²) in [5, 5.41) is 7.03. The first kappa shape index (κ1) is 18.4. The van der Waals surface area contributed by atoms with E-state index in [-0.39, 0.29) is 11.9 Å². The van der Waals surface area contributed by atoms with E-state index in [1.54, 1.807) is 12.1 Å². The highest BCUT2D eigenvalue weighted by molar-refractivity contribution is 9.10. The number of fused-ring (bicyclic) bond motifs is 3. The van der Waals surface area contributed by atoms with Crippen LogP contribution in [0, 0.1) is 19.7 Å². The minimum Gasteiger partial charge on any atom is -0.464 e. The van der Waals surface area contributed by atoms with Crippen molar-refractivity contribution in [1.29, 1.82) is 0 Å². The predicted molar refractivity (Wildman–Crippen MR) is 116 cm³/mol. The van der Waals surface area contributed by atoms with Gasteiger partial charge in [-0.1, -0.05) is 45.8 Å². The highest BCUT2D eigenvalue weighted by atomic mass is 79.9. The number of halogens is 2. The molecule has 0 aliphatic carbocycles. The fourth-order valence-electron chi connectivity index (χ4n) is 4.11. The van der Waals surface area contributed by atoms with Gasteiger partial charge in [-0.15, -0.1) is 0 Å². The van der Waals surface area contributed by atoms with E-state index in [9.17, 15) is 4.39 Å². The summed E-state index contributed by atoms with van der Waals surface area (Å²) in [5.74, 6) is 0.590. The van der Waals surface area contributed by atoms with E-state index in [1.165, 1.54) is 28.8 Å². The van der Waals surface area contributed by atoms with Gasteiger partial charge in [0.2, 0.25) is 6.23 Å². The molecule has 0 N–H and O–H groups in total. The van der Waals surface area contributed by atoms with Crippen molar-refractivity contribution in [2.45, 2.75) is 32.5 Å². The van der Waals surface area contributed by atoms with Gasteiger partial charge in [-0.05, 0) is 55.8 Å². The van der Waals surface area contributed by atoms with Gasteiger partial charge in [0.15, 0.2) is 0 Å². The fourth-order valence-corrected chi connectivity index (χ4v) is 4.49. The van der Waals surface area contributed by atoms with E-state index in [0.29, 0.717) is 0 Å². The molecule has 0 fully saturated rings. The summed E-state index contributed by atoms with van der Waals surface area (Å²) >= 11 is 3.58. The van der Waals surface area contributed by atoms with Gasteiger partial charge < -0.3 is 4.74 Å². The molecule has 0 saturated heterocycles. The van der Waals surface area contributed by atoms with Crippen LogP contribution < -0.4 is 4.74 Å². The number of hydrogen-bond acceptors (Lipinski definition) is 3. The van der Waals surface area contributed by atoms with Crippen molar-refractivity contribution in [1.82, 2.24) is 5.01 Å². The number of benzene rings is 3. The molecule has 2 unspecified atom stereocenters. The normalized spacial score (nSPS) is 20.0. The summed E-state index contributed by atoms with van der Waals surface area (Å²) in [7, 11) is 0. The minimum atomic E-state index is -0.392. The van der Waals surface area contributed by atoms with Crippen molar-refractivity contribution >= 4 is 21.6 Å². The zero-order valence-electron chi connectivity index (χ0n) is 16.2. The Morgan fingerprint density at radius 2 is 1.83 bits per heavy atom. The molecular formula is C24H20BrFN2O. The van der Waals surface area contributed by atoms with E-state index >= 15 is 0 Å². The van der Waals surface area contributed by atoms with Crippen molar-refractivity contribution < 1.29 is 9.13 Å². The molecule has 0 saturated carbocycles. The van der Waals surface area contributed by atoms with E-state index < -0.39 is 6.23 Å². The number of hydrogen-bond donors (Lipinski definition) is 0. The SMILES string of the molecule is Cc1ccc(C)c(C2=NN3C(C2)c2cc(Br)ccc2OC3c2ccc(F)cc2)c1. The molecule has 3 nitrogen and oxygen atoms in total. The first-order valence-electron chi connectivity index (χ1n) is 9.64. The van der Waals surface area contributed by atoms with Crippen LogP contribution in [0.5, 0.6) is 5.75 Å². The van der Waals surface area contributed by atoms with Gasteiger partial charge in [-0.2, -0.15) is 5.10 Å². The molecule has 2 atom stereocenters. The van der Waals surface area contributed by atoms with Crippen LogP contribution in [0.15, 0.2) is 70.2 Å². The monoisotopic (exact) mass is 450 g/mol. The average Bonchev–Trinajstić information content (AvgIpc) is 3.15. The maximum atomic E-state index is 13.5. The number of nitrogens with zero attached hydrogens (tertiary/aromatic N) is 2. The molecule has 5 heteroatoms. The van der Waals surface area contributed by atoms with Crippen LogP contribution >= 0.6 is 15.9 Å². The second-order valence-corrected chi connectivity index (χ2v) is 8.58. The lowest BCUT2D eigenvalue weighted by Crippen LogP contribution is -2.33. The number of hydrazone groups is 1. The molecule has 0 radical (unpaired) electrons. The van der Waals surface area contributed by atoms with Crippen molar-refractivity contribution in [2.75, 3.05) is 0 Å². The lowest BCUT2D eigenvalue weighted by atomic mass is 9.93. The van der Waals surface area contributed by atoms with Gasteiger partial charge in [-0.3, -0.25) is 0 Å². The van der Waals surface area contributed by atoms with Crippen molar-refractivity contribution in [3.8, 4) is 5.75 Å². The van der Waals surface area contributed by atoms with Crippen molar-refractivity contribution in [3.05, 3.63) is 98.8 Å². The maximum absolute atomic E-state index is 13.5. The Kier molecular flexibility index (Phi) is 4.43. The van der Waals surface area contributed by atoms with Crippen LogP contribution in [0.25, 0.3) is 0 Å². The van der Waals surface area contributed by atoms with Crippen LogP contribution in [0.4, 0.5) is 4.39 Å². The first-order valence-corrected chi connectivity index (χ1v) is 10.4. The quantitative estimate of drug-likeness (QED) is 0.448. The third-order valence-electron chi connectivity index (χ3n) is 5.61. The van der Waals surface area contributed by atoms with E-state index in [1.807, 2.05) is 17.1 Å². The number of aryl methyl sites for hydroxylation is 2. The zero-order chi connectivity index (χ0) is 20.1.